The van der Waals surface area contributed by atoms with Crippen molar-refractivity contribution in [2.45, 2.75) is 41.4 Å². The molecule has 25 heavy (non-hydrogen) atoms. The first-order valence-electron chi connectivity index (χ1n) is 7.23. The summed E-state index contributed by atoms with van der Waals surface area (Å²) in [5.41, 5.74) is 0. The smallest absolute Gasteiger partial charge is 0.426 e. The highest BCUT2D eigenvalue weighted by atomic mass is 32.2. The van der Waals surface area contributed by atoms with Gasteiger partial charge in [0, 0.05) is 35.6 Å². The molecule has 2 rings (SSSR count). The van der Waals surface area contributed by atoms with Crippen molar-refractivity contribution in [3.8, 4) is 0 Å². The fourth-order valence-electron chi connectivity index (χ4n) is 2.26. The maximum atomic E-state index is 12.4. The number of aromatic nitrogens is 1. The molecule has 1 saturated heterocycles. The molecule has 0 N–H and O–H groups in total. The maximum Gasteiger partial charge on any atom is 0.434 e. The Kier molecular flexibility index (Phi) is 6.07. The van der Waals surface area contributed by atoms with E-state index < -0.39 is 24.5 Å². The average Bonchev–Trinajstić information content (AvgIpc) is 2.52. The predicted octanol–water partition coefficient (Wildman–Crippen LogP) is 4.27. The van der Waals surface area contributed by atoms with E-state index in [1.807, 2.05) is 0 Å². The van der Waals surface area contributed by atoms with Crippen LogP contribution in [0.3, 0.4) is 0 Å². The molecule has 0 saturated carbocycles. The van der Waals surface area contributed by atoms with E-state index >= 15 is 0 Å². The zero-order chi connectivity index (χ0) is 18.7. The van der Waals surface area contributed by atoms with Crippen molar-refractivity contribution in [2.75, 3.05) is 13.1 Å². The second-order valence-corrected chi connectivity index (χ2v) is 6.71. The van der Waals surface area contributed by atoms with Crippen molar-refractivity contribution in [2.24, 2.45) is 0 Å². The van der Waals surface area contributed by atoms with Gasteiger partial charge >= 0.3 is 18.4 Å². The van der Waals surface area contributed by atoms with E-state index in [-0.39, 0.29) is 18.3 Å². The molecule has 11 heteroatoms. The standard InChI is InChI=1S/C14H14F6N2O2S/c15-13(16,17)11(14(18,19)20)24-12(23)22-7-3-10(4-8-22)25-9-1-5-21-6-2-9/h1-2,5-6,10-11H,3-4,7-8H2. The lowest BCUT2D eigenvalue weighted by molar-refractivity contribution is -0.308. The number of carbonyl (C=O) groups excluding carboxylic acids is 1. The average molecular weight is 388 g/mol. The first-order chi connectivity index (χ1) is 11.6. The largest absolute Gasteiger partial charge is 0.434 e. The lowest BCUT2D eigenvalue weighted by atomic mass is 10.1. The van der Waals surface area contributed by atoms with E-state index in [1.165, 1.54) is 11.8 Å². The molecule has 0 bridgehead atoms. The molecule has 0 aromatic carbocycles. The van der Waals surface area contributed by atoms with Crippen molar-refractivity contribution < 1.29 is 35.9 Å². The van der Waals surface area contributed by atoms with Crippen molar-refractivity contribution in [3.05, 3.63) is 24.5 Å². The van der Waals surface area contributed by atoms with Crippen molar-refractivity contribution in [1.82, 2.24) is 9.88 Å². The third kappa shape index (κ3) is 5.68. The number of rotatable bonds is 3. The van der Waals surface area contributed by atoms with Gasteiger partial charge in [-0.2, -0.15) is 26.3 Å². The normalized spacial score (nSPS) is 17.0. The zero-order valence-electron chi connectivity index (χ0n) is 12.7. The summed E-state index contributed by atoms with van der Waals surface area (Å²) in [6, 6.07) is 3.59. The summed E-state index contributed by atoms with van der Waals surface area (Å²) in [4.78, 5) is 17.3. The van der Waals surface area contributed by atoms with Gasteiger partial charge in [-0.3, -0.25) is 4.98 Å². The first-order valence-corrected chi connectivity index (χ1v) is 8.11. The highest BCUT2D eigenvalue weighted by molar-refractivity contribution is 8.00. The molecular formula is C14H14F6N2O2S. The summed E-state index contributed by atoms with van der Waals surface area (Å²) in [6.45, 7) is 0.0635. The molecule has 1 aromatic rings. The summed E-state index contributed by atoms with van der Waals surface area (Å²) in [5.74, 6) is 0. The van der Waals surface area contributed by atoms with Gasteiger partial charge in [0.05, 0.1) is 0 Å². The molecule has 1 aliphatic rings. The van der Waals surface area contributed by atoms with Crippen LogP contribution in [0.2, 0.25) is 0 Å². The van der Waals surface area contributed by atoms with Gasteiger partial charge in [0.25, 0.3) is 6.10 Å². The van der Waals surface area contributed by atoms with E-state index in [2.05, 4.69) is 9.72 Å². The van der Waals surface area contributed by atoms with Crippen LogP contribution in [0.15, 0.2) is 29.4 Å². The fraction of sp³-hybridized carbons (Fsp3) is 0.571. The Hall–Kier alpha value is -1.65. The number of halogens is 6. The number of hydrogen-bond donors (Lipinski definition) is 0. The van der Waals surface area contributed by atoms with Crippen LogP contribution in [0.1, 0.15) is 12.8 Å². The lowest BCUT2D eigenvalue weighted by Crippen LogP contribution is -2.49. The lowest BCUT2D eigenvalue weighted by Gasteiger charge is -2.32. The van der Waals surface area contributed by atoms with E-state index in [4.69, 9.17) is 0 Å². The van der Waals surface area contributed by atoms with Gasteiger partial charge in [-0.05, 0) is 25.0 Å². The monoisotopic (exact) mass is 388 g/mol. The van der Waals surface area contributed by atoms with E-state index in [1.54, 1.807) is 24.5 Å². The number of pyridine rings is 1. The van der Waals surface area contributed by atoms with Crippen LogP contribution in [0.4, 0.5) is 31.1 Å². The molecule has 0 spiro atoms. The number of piperidine rings is 1. The minimum Gasteiger partial charge on any atom is -0.426 e. The molecule has 1 aromatic heterocycles. The molecule has 0 unspecified atom stereocenters. The Morgan fingerprint density at radius 2 is 1.64 bits per heavy atom. The Morgan fingerprint density at radius 1 is 1.12 bits per heavy atom. The summed E-state index contributed by atoms with van der Waals surface area (Å²) in [5, 5.41) is 0.104. The minimum atomic E-state index is -5.70. The molecular weight excluding hydrogens is 374 g/mol. The number of thioether (sulfide) groups is 1. The molecule has 1 aliphatic heterocycles. The van der Waals surface area contributed by atoms with Crippen LogP contribution >= 0.6 is 11.8 Å². The van der Waals surface area contributed by atoms with E-state index in [0.717, 1.165) is 9.80 Å². The number of nitrogens with zero attached hydrogens (tertiary/aromatic N) is 2. The third-order valence-electron chi connectivity index (χ3n) is 3.47. The molecule has 4 nitrogen and oxygen atoms in total. The van der Waals surface area contributed by atoms with Gasteiger partial charge in [-0.25, -0.2) is 4.79 Å². The molecule has 140 valence electrons. The zero-order valence-corrected chi connectivity index (χ0v) is 13.5. The molecule has 0 radical (unpaired) electrons. The number of likely N-dealkylation sites (tertiary alicyclic amines) is 1. The molecule has 1 amide bonds. The molecule has 0 atom stereocenters. The van der Waals surface area contributed by atoms with Crippen LogP contribution < -0.4 is 0 Å². The topological polar surface area (TPSA) is 42.4 Å². The summed E-state index contributed by atoms with van der Waals surface area (Å²) < 4.78 is 78.2. The van der Waals surface area contributed by atoms with E-state index in [0.29, 0.717) is 12.8 Å². The number of amides is 1. The van der Waals surface area contributed by atoms with Crippen LogP contribution in [0.5, 0.6) is 0 Å². The van der Waals surface area contributed by atoms with Gasteiger partial charge < -0.3 is 9.64 Å². The minimum absolute atomic E-state index is 0.0318. The summed E-state index contributed by atoms with van der Waals surface area (Å²) in [6.07, 6.45) is -13.0. The fourth-order valence-corrected chi connectivity index (χ4v) is 3.37. The number of ether oxygens (including phenoxy) is 1. The summed E-state index contributed by atoms with van der Waals surface area (Å²) >= 11 is 1.52. The second-order valence-electron chi connectivity index (χ2n) is 5.33. The van der Waals surface area contributed by atoms with Crippen molar-refractivity contribution >= 4 is 17.9 Å². The Balaban J connectivity index is 1.88. The SMILES string of the molecule is O=C(OC(C(F)(F)F)C(F)(F)F)N1CCC(Sc2ccncc2)CC1. The Bertz CT molecular complexity index is 559. The molecule has 1 fully saturated rings. The van der Waals surface area contributed by atoms with Gasteiger partial charge in [-0.1, -0.05) is 0 Å². The second kappa shape index (κ2) is 7.71. The Morgan fingerprint density at radius 3 is 2.12 bits per heavy atom. The molecule has 2 heterocycles. The highest BCUT2D eigenvalue weighted by Gasteiger charge is 2.60. The van der Waals surface area contributed by atoms with Crippen molar-refractivity contribution in [1.29, 1.82) is 0 Å². The van der Waals surface area contributed by atoms with Gasteiger partial charge in [-0.15, -0.1) is 11.8 Å². The highest BCUT2D eigenvalue weighted by Crippen LogP contribution is 2.36. The quantitative estimate of drug-likeness (QED) is 0.726. The van der Waals surface area contributed by atoms with Gasteiger partial charge in [0.2, 0.25) is 0 Å². The summed E-state index contributed by atoms with van der Waals surface area (Å²) in [7, 11) is 0. The Labute approximate surface area is 143 Å². The van der Waals surface area contributed by atoms with Crippen LogP contribution in [0.25, 0.3) is 0 Å². The van der Waals surface area contributed by atoms with E-state index in [9.17, 15) is 31.1 Å². The number of hydrogen-bond acceptors (Lipinski definition) is 4. The predicted molar refractivity (Wildman–Crippen MR) is 77.1 cm³/mol. The van der Waals surface area contributed by atoms with Crippen molar-refractivity contribution in [3.63, 3.8) is 0 Å². The first kappa shape index (κ1) is 19.7. The van der Waals surface area contributed by atoms with Gasteiger partial charge in [0.15, 0.2) is 0 Å². The number of alkyl halides is 6. The van der Waals surface area contributed by atoms with Crippen LogP contribution in [-0.4, -0.2) is 52.8 Å². The number of carbonyl (C=O) groups is 1. The van der Waals surface area contributed by atoms with Gasteiger partial charge in [0.1, 0.15) is 0 Å². The maximum absolute atomic E-state index is 12.4. The molecule has 0 aliphatic carbocycles. The van der Waals surface area contributed by atoms with Crippen LogP contribution in [-0.2, 0) is 4.74 Å². The van der Waals surface area contributed by atoms with Crippen LogP contribution in [0, 0.1) is 0 Å². The third-order valence-corrected chi connectivity index (χ3v) is 4.81.